The normalized spacial score (nSPS) is 12.6. The molecule has 3 heteroatoms. The molecule has 0 unspecified atom stereocenters. The Balaban J connectivity index is 2.14. The summed E-state index contributed by atoms with van der Waals surface area (Å²) in [6, 6.07) is 16.5. The van der Waals surface area contributed by atoms with E-state index in [1.807, 2.05) is 24.3 Å². The number of hydrogen-bond donors (Lipinski definition) is 1. The van der Waals surface area contributed by atoms with Crippen LogP contribution < -0.4 is 5.73 Å². The monoisotopic (exact) mass is 319 g/mol. The van der Waals surface area contributed by atoms with Crippen LogP contribution in [0.1, 0.15) is 38.3 Å². The molecule has 21 heavy (non-hydrogen) atoms. The highest BCUT2D eigenvalue weighted by Gasteiger charge is 2.12. The van der Waals surface area contributed by atoms with E-state index in [1.54, 1.807) is 11.8 Å². The van der Waals surface area contributed by atoms with Gasteiger partial charge in [-0.25, -0.2) is 0 Å². The first kappa shape index (κ1) is 16.4. The average molecular weight is 320 g/mol. The van der Waals surface area contributed by atoms with Crippen molar-refractivity contribution in [2.45, 2.75) is 42.5 Å². The lowest BCUT2D eigenvalue weighted by molar-refractivity contribution is 0.504. The molecule has 0 amide bonds. The lowest BCUT2D eigenvalue weighted by atomic mass is 9.98. The second-order valence-electron chi connectivity index (χ2n) is 5.67. The molecule has 112 valence electrons. The van der Waals surface area contributed by atoms with Gasteiger partial charge in [-0.2, -0.15) is 0 Å². The van der Waals surface area contributed by atoms with Gasteiger partial charge in [-0.3, -0.25) is 0 Å². The van der Waals surface area contributed by atoms with Crippen LogP contribution in [-0.2, 0) is 0 Å². The summed E-state index contributed by atoms with van der Waals surface area (Å²) in [4.78, 5) is 2.42. The summed E-state index contributed by atoms with van der Waals surface area (Å²) in [6.45, 7) is 4.47. The fourth-order valence-corrected chi connectivity index (χ4v) is 3.31. The van der Waals surface area contributed by atoms with Crippen LogP contribution in [0.4, 0.5) is 0 Å². The molecule has 0 bridgehead atoms. The summed E-state index contributed by atoms with van der Waals surface area (Å²) in [5.41, 5.74) is 7.62. The minimum atomic E-state index is 0.100. The highest BCUT2D eigenvalue weighted by molar-refractivity contribution is 7.99. The van der Waals surface area contributed by atoms with E-state index in [9.17, 15) is 0 Å². The van der Waals surface area contributed by atoms with Gasteiger partial charge in [-0.15, -0.1) is 0 Å². The van der Waals surface area contributed by atoms with E-state index in [4.69, 9.17) is 17.3 Å². The van der Waals surface area contributed by atoms with Crippen LogP contribution in [-0.4, -0.2) is 0 Å². The van der Waals surface area contributed by atoms with E-state index in [-0.39, 0.29) is 6.04 Å². The van der Waals surface area contributed by atoms with E-state index in [2.05, 4.69) is 38.1 Å². The van der Waals surface area contributed by atoms with Crippen LogP contribution in [0.3, 0.4) is 0 Å². The van der Waals surface area contributed by atoms with Crippen molar-refractivity contribution >= 4 is 23.4 Å². The van der Waals surface area contributed by atoms with Gasteiger partial charge in [-0.05, 0) is 54.7 Å². The first-order chi connectivity index (χ1) is 10.1. The smallest absolute Gasteiger partial charge is 0.0406 e. The molecular formula is C18H22ClNS. The maximum atomic E-state index is 6.39. The molecular weight excluding hydrogens is 298 g/mol. The Morgan fingerprint density at radius 3 is 2.33 bits per heavy atom. The van der Waals surface area contributed by atoms with Gasteiger partial charge in [-0.1, -0.05) is 55.4 Å². The third kappa shape index (κ3) is 5.06. The Morgan fingerprint density at radius 1 is 1.00 bits per heavy atom. The molecule has 0 aliphatic carbocycles. The topological polar surface area (TPSA) is 26.0 Å². The zero-order chi connectivity index (χ0) is 15.2. The van der Waals surface area contributed by atoms with E-state index >= 15 is 0 Å². The Bertz CT molecular complexity index is 566. The Labute approximate surface area is 136 Å². The summed E-state index contributed by atoms with van der Waals surface area (Å²) in [5, 5.41) is 0.765. The van der Waals surface area contributed by atoms with Crippen molar-refractivity contribution in [2.75, 3.05) is 0 Å². The predicted molar refractivity (Wildman–Crippen MR) is 93.0 cm³/mol. The fourth-order valence-electron chi connectivity index (χ4n) is 2.18. The number of benzene rings is 2. The Hall–Kier alpha value is -0.960. The Morgan fingerprint density at radius 2 is 1.67 bits per heavy atom. The van der Waals surface area contributed by atoms with Crippen LogP contribution in [0.15, 0.2) is 58.3 Å². The molecule has 0 fully saturated rings. The zero-order valence-corrected chi connectivity index (χ0v) is 14.1. The molecule has 0 aromatic heterocycles. The maximum Gasteiger partial charge on any atom is 0.0406 e. The largest absolute Gasteiger partial charge is 0.324 e. The summed E-state index contributed by atoms with van der Waals surface area (Å²) in [5.74, 6) is 0.687. The first-order valence-electron chi connectivity index (χ1n) is 7.34. The second-order valence-corrected chi connectivity index (χ2v) is 7.22. The second kappa shape index (κ2) is 7.88. The van der Waals surface area contributed by atoms with Crippen molar-refractivity contribution in [1.29, 1.82) is 0 Å². The van der Waals surface area contributed by atoms with Crippen LogP contribution in [0.5, 0.6) is 0 Å². The number of hydrogen-bond acceptors (Lipinski definition) is 2. The first-order valence-corrected chi connectivity index (χ1v) is 8.53. The van der Waals surface area contributed by atoms with Gasteiger partial charge in [0.2, 0.25) is 0 Å². The van der Waals surface area contributed by atoms with Crippen molar-refractivity contribution < 1.29 is 0 Å². The molecule has 2 rings (SSSR count). The molecule has 2 aromatic carbocycles. The van der Waals surface area contributed by atoms with E-state index in [1.165, 1.54) is 15.4 Å². The fraction of sp³-hybridized carbons (Fsp3) is 0.333. The third-order valence-corrected chi connectivity index (χ3v) is 4.77. The lowest BCUT2D eigenvalue weighted by Gasteiger charge is -2.17. The van der Waals surface area contributed by atoms with Gasteiger partial charge < -0.3 is 5.73 Å². The molecule has 0 aliphatic rings. The molecule has 1 atom stereocenters. The number of halogens is 1. The molecule has 0 radical (unpaired) electrons. The van der Waals surface area contributed by atoms with Gasteiger partial charge in [0.1, 0.15) is 0 Å². The lowest BCUT2D eigenvalue weighted by Crippen LogP contribution is -2.12. The van der Waals surface area contributed by atoms with Gasteiger partial charge in [0.05, 0.1) is 0 Å². The third-order valence-electron chi connectivity index (χ3n) is 3.41. The predicted octanol–water partition coefficient (Wildman–Crippen LogP) is 5.93. The van der Waals surface area contributed by atoms with Gasteiger partial charge in [0.15, 0.2) is 0 Å². The average Bonchev–Trinajstić information content (AvgIpc) is 2.48. The quantitative estimate of drug-likeness (QED) is 0.714. The van der Waals surface area contributed by atoms with Crippen LogP contribution in [0.25, 0.3) is 0 Å². The summed E-state index contributed by atoms with van der Waals surface area (Å²) < 4.78 is 0. The summed E-state index contributed by atoms with van der Waals surface area (Å²) in [6.07, 6.45) is 2.18. The van der Waals surface area contributed by atoms with Crippen LogP contribution >= 0.6 is 23.4 Å². The minimum absolute atomic E-state index is 0.100. The van der Waals surface area contributed by atoms with Crippen LogP contribution in [0.2, 0.25) is 5.02 Å². The zero-order valence-electron chi connectivity index (χ0n) is 12.6. The van der Waals surface area contributed by atoms with Crippen molar-refractivity contribution in [3.8, 4) is 0 Å². The van der Waals surface area contributed by atoms with E-state index < -0.39 is 0 Å². The highest BCUT2D eigenvalue weighted by atomic mass is 35.5. The minimum Gasteiger partial charge on any atom is -0.324 e. The molecule has 0 saturated carbocycles. The molecule has 0 aliphatic heterocycles. The van der Waals surface area contributed by atoms with E-state index in [0.29, 0.717) is 5.92 Å². The van der Waals surface area contributed by atoms with E-state index in [0.717, 1.165) is 17.9 Å². The van der Waals surface area contributed by atoms with Crippen molar-refractivity contribution in [3.05, 3.63) is 59.1 Å². The molecule has 0 saturated heterocycles. The van der Waals surface area contributed by atoms with Gasteiger partial charge in [0.25, 0.3) is 0 Å². The van der Waals surface area contributed by atoms with Crippen molar-refractivity contribution in [1.82, 2.24) is 0 Å². The van der Waals surface area contributed by atoms with Crippen molar-refractivity contribution in [2.24, 2.45) is 11.7 Å². The SMILES string of the molecule is CC(C)CC[C@H](N)c1ccccc1Sc1ccc(Cl)cc1. The van der Waals surface area contributed by atoms with Gasteiger partial charge in [0, 0.05) is 20.9 Å². The molecule has 1 nitrogen and oxygen atoms in total. The molecule has 2 N–H and O–H groups in total. The Kier molecular flexibility index (Phi) is 6.16. The summed E-state index contributed by atoms with van der Waals surface area (Å²) >= 11 is 7.68. The molecule has 2 aromatic rings. The standard InChI is InChI=1S/C18H22ClNS/c1-13(2)7-12-17(20)16-5-3-4-6-18(16)21-15-10-8-14(19)9-11-15/h3-6,8-11,13,17H,7,12,20H2,1-2H3/t17-/m0/s1. The number of rotatable bonds is 6. The summed E-state index contributed by atoms with van der Waals surface area (Å²) in [7, 11) is 0. The highest BCUT2D eigenvalue weighted by Crippen LogP contribution is 2.34. The van der Waals surface area contributed by atoms with Gasteiger partial charge >= 0.3 is 0 Å². The van der Waals surface area contributed by atoms with Crippen molar-refractivity contribution in [3.63, 3.8) is 0 Å². The molecule has 0 heterocycles. The maximum absolute atomic E-state index is 6.39. The molecule has 0 spiro atoms. The number of nitrogens with two attached hydrogens (primary N) is 1. The van der Waals surface area contributed by atoms with Crippen LogP contribution in [0, 0.1) is 5.92 Å².